The van der Waals surface area contributed by atoms with Crippen molar-refractivity contribution in [2.45, 2.75) is 5.41 Å². The third kappa shape index (κ3) is 4.60. The second kappa shape index (κ2) is 11.8. The first-order valence-electron chi connectivity index (χ1n) is 17.6. The van der Waals surface area contributed by atoms with Crippen LogP contribution in [0, 0.1) is 22.7 Å². The van der Waals surface area contributed by atoms with Crippen molar-refractivity contribution in [1.29, 1.82) is 10.5 Å². The smallest absolute Gasteiger partial charge is 0.101 e. The Morgan fingerprint density at radius 1 is 0.340 bits per heavy atom. The SMILES string of the molecule is N#Cc1cncc(-c2cccc(-c3ccc4c(c3)C3(c5ccccc5-c5ccccc53)c3cc(-c5cccc(-c6cncc(C#N)c6)c5)ccc3-4)c2)c1. The molecule has 0 bridgehead atoms. The van der Waals surface area contributed by atoms with E-state index in [0.29, 0.717) is 11.1 Å². The fourth-order valence-corrected chi connectivity index (χ4v) is 8.57. The monoisotopic (exact) mass is 672 g/mol. The van der Waals surface area contributed by atoms with Crippen LogP contribution in [0.5, 0.6) is 0 Å². The summed E-state index contributed by atoms with van der Waals surface area (Å²) in [6, 6.07) is 56.8. The van der Waals surface area contributed by atoms with E-state index in [1.165, 1.54) is 44.5 Å². The largest absolute Gasteiger partial charge is 0.263 e. The molecular weight excluding hydrogens is 645 g/mol. The average molecular weight is 673 g/mol. The summed E-state index contributed by atoms with van der Waals surface area (Å²) in [5.74, 6) is 0. The van der Waals surface area contributed by atoms with E-state index < -0.39 is 5.41 Å². The number of nitriles is 2. The van der Waals surface area contributed by atoms with E-state index in [4.69, 9.17) is 0 Å². The summed E-state index contributed by atoms with van der Waals surface area (Å²) in [5, 5.41) is 19.0. The van der Waals surface area contributed by atoms with Crippen molar-refractivity contribution in [2.24, 2.45) is 0 Å². The van der Waals surface area contributed by atoms with Crippen LogP contribution in [0.25, 0.3) is 66.8 Å². The van der Waals surface area contributed by atoms with Gasteiger partial charge in [0.1, 0.15) is 12.1 Å². The average Bonchev–Trinajstić information content (AvgIpc) is 3.70. The number of hydrogen-bond donors (Lipinski definition) is 0. The number of aromatic nitrogens is 2. The summed E-state index contributed by atoms with van der Waals surface area (Å²) >= 11 is 0. The minimum absolute atomic E-state index is 0.519. The van der Waals surface area contributed by atoms with Crippen LogP contribution < -0.4 is 0 Å². The van der Waals surface area contributed by atoms with Crippen LogP contribution in [0.3, 0.4) is 0 Å². The van der Waals surface area contributed by atoms with Crippen LogP contribution in [0.4, 0.5) is 0 Å². The molecule has 0 unspecified atom stereocenters. The fourth-order valence-electron chi connectivity index (χ4n) is 8.57. The lowest BCUT2D eigenvalue weighted by atomic mass is 9.70. The molecule has 2 aliphatic rings. The van der Waals surface area contributed by atoms with E-state index in [-0.39, 0.29) is 0 Å². The number of fused-ring (bicyclic) bond motifs is 10. The van der Waals surface area contributed by atoms with Crippen LogP contribution in [0.1, 0.15) is 33.4 Å². The zero-order valence-electron chi connectivity index (χ0n) is 28.5. The van der Waals surface area contributed by atoms with E-state index in [2.05, 4.69) is 156 Å². The molecule has 0 saturated carbocycles. The van der Waals surface area contributed by atoms with Gasteiger partial charge < -0.3 is 0 Å². The van der Waals surface area contributed by atoms with E-state index in [0.717, 1.165) is 44.5 Å². The highest BCUT2D eigenvalue weighted by Crippen LogP contribution is 2.63. The van der Waals surface area contributed by atoms with Gasteiger partial charge >= 0.3 is 0 Å². The van der Waals surface area contributed by atoms with Gasteiger partial charge in [0.25, 0.3) is 0 Å². The predicted octanol–water partition coefficient (Wildman–Crippen LogP) is 11.2. The Morgan fingerprint density at radius 2 is 0.736 bits per heavy atom. The van der Waals surface area contributed by atoms with Gasteiger partial charge in [-0.25, -0.2) is 0 Å². The zero-order valence-corrected chi connectivity index (χ0v) is 28.5. The van der Waals surface area contributed by atoms with Crippen molar-refractivity contribution in [3.05, 3.63) is 204 Å². The van der Waals surface area contributed by atoms with Crippen LogP contribution in [-0.4, -0.2) is 9.97 Å². The lowest BCUT2D eigenvalue weighted by Gasteiger charge is -2.31. The van der Waals surface area contributed by atoms with Gasteiger partial charge in [0.05, 0.1) is 16.5 Å². The molecule has 1 spiro atoms. The third-order valence-corrected chi connectivity index (χ3v) is 10.9. The van der Waals surface area contributed by atoms with Gasteiger partial charge in [-0.1, -0.05) is 109 Å². The molecule has 8 aromatic rings. The predicted molar refractivity (Wildman–Crippen MR) is 210 cm³/mol. The van der Waals surface area contributed by atoms with Gasteiger partial charge in [-0.2, -0.15) is 10.5 Å². The van der Waals surface area contributed by atoms with Crippen LogP contribution in [-0.2, 0) is 5.41 Å². The number of benzene rings is 6. The molecule has 10 rings (SSSR count). The van der Waals surface area contributed by atoms with E-state index >= 15 is 0 Å². The first-order valence-corrected chi connectivity index (χ1v) is 17.6. The van der Waals surface area contributed by atoms with E-state index in [9.17, 15) is 10.5 Å². The molecule has 4 heteroatoms. The summed E-state index contributed by atoms with van der Waals surface area (Å²) < 4.78 is 0. The normalized spacial score (nSPS) is 12.6. The Labute approximate surface area is 307 Å². The molecule has 2 aromatic heterocycles. The molecular formula is C49H28N4. The second-order valence-electron chi connectivity index (χ2n) is 13.7. The summed E-state index contributed by atoms with van der Waals surface area (Å²) in [6.45, 7) is 0. The van der Waals surface area contributed by atoms with Crippen molar-refractivity contribution in [2.75, 3.05) is 0 Å². The Bertz CT molecular complexity index is 2690. The molecule has 0 atom stereocenters. The topological polar surface area (TPSA) is 73.4 Å². The highest BCUT2D eigenvalue weighted by atomic mass is 14.6. The van der Waals surface area contributed by atoms with Crippen molar-refractivity contribution in [3.8, 4) is 78.9 Å². The van der Waals surface area contributed by atoms with E-state index in [1.807, 2.05) is 24.5 Å². The fraction of sp³-hybridized carbons (Fsp3) is 0.0204. The molecule has 53 heavy (non-hydrogen) atoms. The molecule has 0 radical (unpaired) electrons. The molecule has 0 aliphatic heterocycles. The number of nitrogens with zero attached hydrogens (tertiary/aromatic N) is 4. The van der Waals surface area contributed by atoms with Crippen LogP contribution >= 0.6 is 0 Å². The Morgan fingerprint density at radius 3 is 1.19 bits per heavy atom. The van der Waals surface area contributed by atoms with Gasteiger partial charge in [0.15, 0.2) is 0 Å². The third-order valence-electron chi connectivity index (χ3n) is 10.9. The lowest BCUT2D eigenvalue weighted by Crippen LogP contribution is -2.26. The second-order valence-corrected chi connectivity index (χ2v) is 13.7. The zero-order chi connectivity index (χ0) is 35.5. The molecule has 0 fully saturated rings. The Hall–Kier alpha value is -7.40. The molecule has 244 valence electrons. The number of pyridine rings is 2. The van der Waals surface area contributed by atoms with Crippen molar-refractivity contribution < 1.29 is 0 Å². The maximum absolute atomic E-state index is 9.50. The summed E-state index contributed by atoms with van der Waals surface area (Å²) in [6.07, 6.45) is 6.81. The minimum Gasteiger partial charge on any atom is -0.263 e. The summed E-state index contributed by atoms with van der Waals surface area (Å²) in [7, 11) is 0. The maximum atomic E-state index is 9.50. The molecule has 2 heterocycles. The summed E-state index contributed by atoms with van der Waals surface area (Å²) in [4.78, 5) is 8.63. The molecule has 4 nitrogen and oxygen atoms in total. The molecule has 2 aliphatic carbocycles. The summed E-state index contributed by atoms with van der Waals surface area (Å²) in [5.41, 5.74) is 19.0. The maximum Gasteiger partial charge on any atom is 0.101 e. The lowest BCUT2D eigenvalue weighted by molar-refractivity contribution is 0.794. The van der Waals surface area contributed by atoms with Crippen LogP contribution in [0.15, 0.2) is 170 Å². The first-order chi connectivity index (χ1) is 26.1. The number of hydrogen-bond acceptors (Lipinski definition) is 4. The van der Waals surface area contributed by atoms with Crippen LogP contribution in [0.2, 0.25) is 0 Å². The Kier molecular flexibility index (Phi) is 6.80. The van der Waals surface area contributed by atoms with Gasteiger partial charge in [-0.15, -0.1) is 0 Å². The minimum atomic E-state index is -0.519. The molecule has 0 amide bonds. The molecule has 0 N–H and O–H groups in total. The molecule has 6 aromatic carbocycles. The van der Waals surface area contributed by atoms with Gasteiger partial charge in [0.2, 0.25) is 0 Å². The van der Waals surface area contributed by atoms with Gasteiger partial charge in [-0.05, 0) is 114 Å². The first kappa shape index (κ1) is 30.4. The molecule has 0 saturated heterocycles. The highest BCUT2D eigenvalue weighted by molar-refractivity contribution is 5.97. The Balaban J connectivity index is 1.18. The van der Waals surface area contributed by atoms with E-state index in [1.54, 1.807) is 12.4 Å². The van der Waals surface area contributed by atoms with Crippen molar-refractivity contribution in [3.63, 3.8) is 0 Å². The van der Waals surface area contributed by atoms with Crippen molar-refractivity contribution in [1.82, 2.24) is 9.97 Å². The standard InChI is InChI=1S/C49H28N4/c50-25-31-19-39(29-52-27-31)35-9-5-7-33(21-35)37-15-17-43-44-18-16-38(34-8-6-10-36(22-34)40-20-32(26-51)28-53-30-40)24-48(44)49(47(43)23-37)45-13-3-1-11-41(45)42-12-2-4-14-46(42)49/h1-24,27-30H. The highest BCUT2D eigenvalue weighted by Gasteiger charge is 2.51. The van der Waals surface area contributed by atoms with Crippen molar-refractivity contribution >= 4 is 0 Å². The van der Waals surface area contributed by atoms with Gasteiger partial charge in [-0.3, -0.25) is 9.97 Å². The number of rotatable bonds is 4. The quantitative estimate of drug-likeness (QED) is 0.186. The van der Waals surface area contributed by atoms with Gasteiger partial charge in [0, 0.05) is 35.9 Å².